The Morgan fingerprint density at radius 3 is 2.20 bits per heavy atom. The highest BCUT2D eigenvalue weighted by atomic mass is 16.6. The Hall–Kier alpha value is -4.78. The fourth-order valence-corrected chi connectivity index (χ4v) is 5.01. The van der Waals surface area contributed by atoms with Gasteiger partial charge in [0.1, 0.15) is 34.2 Å². The van der Waals surface area contributed by atoms with Gasteiger partial charge in [0.15, 0.2) is 0 Å². The van der Waals surface area contributed by atoms with Crippen LogP contribution in [0.3, 0.4) is 0 Å². The smallest absolute Gasteiger partial charge is 0.413 e. The average molecular weight is 537 g/mol. The number of aliphatic imine (C=N–C) groups is 1. The Bertz CT molecular complexity index is 1590. The second kappa shape index (κ2) is 10.4. The molecule has 0 saturated heterocycles. The lowest BCUT2D eigenvalue weighted by molar-refractivity contribution is 0.0563. The van der Waals surface area contributed by atoms with Gasteiger partial charge in [0.25, 0.3) is 0 Å². The van der Waals surface area contributed by atoms with E-state index in [9.17, 15) is 9.90 Å². The lowest BCUT2D eigenvalue weighted by Gasteiger charge is -2.30. The first-order chi connectivity index (χ1) is 19.1. The van der Waals surface area contributed by atoms with Crippen LogP contribution in [0.5, 0.6) is 17.2 Å². The molecule has 4 aromatic rings. The van der Waals surface area contributed by atoms with Crippen LogP contribution < -0.4 is 14.8 Å². The quantitative estimate of drug-likeness (QED) is 0.298. The number of rotatable bonds is 5. The first kappa shape index (κ1) is 26.8. The molecule has 7 nitrogen and oxygen atoms in total. The van der Waals surface area contributed by atoms with Crippen molar-refractivity contribution in [1.82, 2.24) is 5.32 Å². The van der Waals surface area contributed by atoms with E-state index < -0.39 is 17.2 Å². The number of aromatic hydroxyl groups is 1. The summed E-state index contributed by atoms with van der Waals surface area (Å²) in [6.07, 6.45) is -0.589. The van der Waals surface area contributed by atoms with Gasteiger partial charge in [0.2, 0.25) is 0 Å². The van der Waals surface area contributed by atoms with Crippen LogP contribution in [0.15, 0.2) is 96.0 Å². The van der Waals surface area contributed by atoms with Crippen molar-refractivity contribution in [3.63, 3.8) is 0 Å². The Kier molecular flexibility index (Phi) is 6.98. The minimum atomic E-state index is -1.03. The number of carbonyl (C=O) groups is 1. The zero-order valence-electron chi connectivity index (χ0n) is 23.2. The first-order valence-electron chi connectivity index (χ1n) is 13.0. The number of hydrogen-bond acceptors (Lipinski definition) is 6. The van der Waals surface area contributed by atoms with Gasteiger partial charge >= 0.3 is 6.09 Å². The summed E-state index contributed by atoms with van der Waals surface area (Å²) in [5.74, 6) is 1.92. The van der Waals surface area contributed by atoms with Crippen molar-refractivity contribution in [2.24, 2.45) is 4.99 Å². The fraction of sp³-hybridized carbons (Fsp3) is 0.212. The molecule has 1 aliphatic rings. The summed E-state index contributed by atoms with van der Waals surface area (Å²) in [5.41, 5.74) is 3.06. The van der Waals surface area contributed by atoms with Crippen molar-refractivity contribution in [2.45, 2.75) is 31.9 Å². The zero-order chi connectivity index (χ0) is 28.5. The number of benzene rings is 4. The largest absolute Gasteiger partial charge is 0.507 e. The number of amides is 1. The number of methoxy groups -OCH3 is 2. The van der Waals surface area contributed by atoms with Crippen molar-refractivity contribution in [3.8, 4) is 28.4 Å². The first-order valence-corrected chi connectivity index (χ1v) is 13.0. The topological polar surface area (TPSA) is 89.4 Å². The molecule has 0 aromatic heterocycles. The summed E-state index contributed by atoms with van der Waals surface area (Å²) in [5, 5.41) is 13.8. The van der Waals surface area contributed by atoms with E-state index in [0.29, 0.717) is 22.9 Å². The van der Waals surface area contributed by atoms with Gasteiger partial charge in [0, 0.05) is 11.1 Å². The van der Waals surface area contributed by atoms with Crippen LogP contribution in [0.2, 0.25) is 0 Å². The number of nitrogens with zero attached hydrogens (tertiary/aromatic N) is 1. The van der Waals surface area contributed by atoms with Gasteiger partial charge in [-0.15, -0.1) is 0 Å². The SMILES string of the molecule is COc1ccc(C2(c3ccc(O)c(-c4cccc(OC)c4)c3)N=C(NC(=O)OC(C)(C)C)c3ccccc32)cc1. The average Bonchev–Trinajstić information content (AvgIpc) is 3.27. The molecule has 4 aromatic carbocycles. The minimum Gasteiger partial charge on any atom is -0.507 e. The van der Waals surface area contributed by atoms with E-state index in [1.54, 1.807) is 20.3 Å². The van der Waals surface area contributed by atoms with Gasteiger partial charge in [-0.3, -0.25) is 5.32 Å². The van der Waals surface area contributed by atoms with Crippen LogP contribution in [0.4, 0.5) is 4.79 Å². The predicted molar refractivity (Wildman–Crippen MR) is 155 cm³/mol. The highest BCUT2D eigenvalue weighted by Crippen LogP contribution is 2.48. The van der Waals surface area contributed by atoms with Crippen molar-refractivity contribution < 1.29 is 24.1 Å². The molecule has 204 valence electrons. The molecule has 0 bridgehead atoms. The molecule has 1 aliphatic heterocycles. The molecule has 40 heavy (non-hydrogen) atoms. The molecule has 7 heteroatoms. The van der Waals surface area contributed by atoms with E-state index in [-0.39, 0.29) is 5.75 Å². The van der Waals surface area contributed by atoms with Gasteiger partial charge < -0.3 is 19.3 Å². The van der Waals surface area contributed by atoms with Crippen LogP contribution in [0.1, 0.15) is 43.0 Å². The molecule has 0 fully saturated rings. The summed E-state index contributed by atoms with van der Waals surface area (Å²) in [4.78, 5) is 18.1. The maximum Gasteiger partial charge on any atom is 0.413 e. The molecule has 1 atom stereocenters. The number of carbonyl (C=O) groups excluding carboxylic acids is 1. The highest BCUT2D eigenvalue weighted by Gasteiger charge is 2.44. The number of nitrogens with one attached hydrogen (secondary N) is 1. The van der Waals surface area contributed by atoms with E-state index in [2.05, 4.69) is 5.32 Å². The van der Waals surface area contributed by atoms with Crippen LogP contribution in [0.25, 0.3) is 11.1 Å². The Morgan fingerprint density at radius 2 is 1.50 bits per heavy atom. The number of phenolic OH excluding ortho intramolecular Hbond substituents is 1. The lowest BCUT2D eigenvalue weighted by Crippen LogP contribution is -2.36. The summed E-state index contributed by atoms with van der Waals surface area (Å²) in [6.45, 7) is 5.44. The summed E-state index contributed by atoms with van der Waals surface area (Å²) in [7, 11) is 3.23. The molecule has 0 saturated carbocycles. The third kappa shape index (κ3) is 4.98. The minimum absolute atomic E-state index is 0.129. The predicted octanol–water partition coefficient (Wildman–Crippen LogP) is 6.65. The second-order valence-corrected chi connectivity index (χ2v) is 10.5. The van der Waals surface area contributed by atoms with Crippen LogP contribution in [-0.4, -0.2) is 36.9 Å². The number of alkyl carbamates (subject to hydrolysis) is 1. The highest BCUT2D eigenvalue weighted by molar-refractivity contribution is 6.10. The number of hydrogen-bond donors (Lipinski definition) is 2. The summed E-state index contributed by atoms with van der Waals surface area (Å²) >= 11 is 0. The van der Waals surface area contributed by atoms with E-state index >= 15 is 0 Å². The number of phenols is 1. The van der Waals surface area contributed by atoms with Crippen molar-refractivity contribution in [2.75, 3.05) is 14.2 Å². The molecule has 0 aliphatic carbocycles. The van der Waals surface area contributed by atoms with Gasteiger partial charge in [-0.05, 0) is 79.4 Å². The normalized spacial score (nSPS) is 16.1. The van der Waals surface area contributed by atoms with E-state index in [1.165, 1.54) is 0 Å². The van der Waals surface area contributed by atoms with Gasteiger partial charge in [0.05, 0.1) is 14.2 Å². The van der Waals surface area contributed by atoms with Crippen molar-refractivity contribution >= 4 is 11.9 Å². The third-order valence-electron chi connectivity index (χ3n) is 6.77. The van der Waals surface area contributed by atoms with Crippen LogP contribution in [-0.2, 0) is 10.3 Å². The zero-order valence-corrected chi connectivity index (χ0v) is 23.2. The van der Waals surface area contributed by atoms with E-state index in [4.69, 9.17) is 19.2 Å². The molecule has 1 heterocycles. The maximum atomic E-state index is 12.9. The fourth-order valence-electron chi connectivity index (χ4n) is 5.01. The number of ether oxygens (including phenoxy) is 3. The van der Waals surface area contributed by atoms with Crippen LogP contribution >= 0.6 is 0 Å². The Morgan fingerprint density at radius 1 is 0.800 bits per heavy atom. The lowest BCUT2D eigenvalue weighted by atomic mass is 9.77. The van der Waals surface area contributed by atoms with E-state index in [1.807, 2.05) is 106 Å². The van der Waals surface area contributed by atoms with Crippen LogP contribution in [0, 0.1) is 0 Å². The Balaban J connectivity index is 1.74. The molecule has 1 unspecified atom stereocenters. The Labute approximate surface area is 234 Å². The van der Waals surface area contributed by atoms with Gasteiger partial charge in [-0.2, -0.15) is 0 Å². The van der Waals surface area contributed by atoms with Crippen molar-refractivity contribution in [3.05, 3.63) is 113 Å². The second-order valence-electron chi connectivity index (χ2n) is 10.5. The molecule has 5 rings (SSSR count). The maximum absolute atomic E-state index is 12.9. The molecule has 0 radical (unpaired) electrons. The van der Waals surface area contributed by atoms with Crippen molar-refractivity contribution in [1.29, 1.82) is 0 Å². The molecule has 0 spiro atoms. The standard InChI is InChI=1S/C33H32N2O5/c1-32(2,3)40-31(37)34-30-26-11-6-7-12-28(26)33(35-30,22-13-16-24(38-4)17-14-22)23-15-18-29(36)27(20-23)21-9-8-10-25(19-21)39-5/h6-20,36H,1-5H3,(H,34,35,37). The van der Waals surface area contributed by atoms with E-state index in [0.717, 1.165) is 27.8 Å². The molecule has 2 N–H and O–H groups in total. The van der Waals surface area contributed by atoms with Gasteiger partial charge in [-0.1, -0.05) is 54.6 Å². The monoisotopic (exact) mass is 536 g/mol. The third-order valence-corrected chi connectivity index (χ3v) is 6.77. The summed E-state index contributed by atoms with van der Waals surface area (Å²) in [6, 6.07) is 28.5. The number of amidine groups is 1. The molecular weight excluding hydrogens is 504 g/mol. The molecule has 1 amide bonds. The van der Waals surface area contributed by atoms with Gasteiger partial charge in [-0.25, -0.2) is 9.79 Å². The number of fused-ring (bicyclic) bond motifs is 1. The summed E-state index contributed by atoms with van der Waals surface area (Å²) < 4.78 is 16.4. The molecular formula is C33H32N2O5.